The minimum atomic E-state index is -0.165. The van der Waals surface area contributed by atoms with Crippen LogP contribution in [0.2, 0.25) is 0 Å². The number of carbonyl (C=O) groups excluding carboxylic acids is 1. The molecule has 8 heteroatoms. The maximum absolute atomic E-state index is 12.6. The second-order valence-electron chi connectivity index (χ2n) is 9.36. The lowest BCUT2D eigenvalue weighted by Crippen LogP contribution is -2.49. The molecule has 2 aromatic rings. The number of allylic oxidation sites excluding steroid dienone is 4. The molecule has 172 valence electrons. The number of hydrogen-bond acceptors (Lipinski definition) is 6. The topological polar surface area (TPSA) is 66.2 Å². The highest BCUT2D eigenvalue weighted by atomic mass is 16.5. The van der Waals surface area contributed by atoms with E-state index in [9.17, 15) is 4.79 Å². The standard InChI is InChI=1S/C25H30N6O2/c1-28-17-23(20-4-2-3-5-21(20)25(28)32)22-15-27-31-16-19(14-26-24(22)31)29-8-6-18(7-9-29)30-10-12-33-13-11-30/h2-5,14-18,20-21H,6-13H2,1H3. The van der Waals surface area contributed by atoms with Crippen LogP contribution in [0.3, 0.4) is 0 Å². The third kappa shape index (κ3) is 3.67. The zero-order valence-electron chi connectivity index (χ0n) is 19.0. The summed E-state index contributed by atoms with van der Waals surface area (Å²) in [6, 6.07) is 0.654. The van der Waals surface area contributed by atoms with Gasteiger partial charge in [-0.2, -0.15) is 5.10 Å². The van der Waals surface area contributed by atoms with Gasteiger partial charge in [-0.1, -0.05) is 24.3 Å². The maximum Gasteiger partial charge on any atom is 0.234 e. The quantitative estimate of drug-likeness (QED) is 0.720. The van der Waals surface area contributed by atoms with Gasteiger partial charge in [-0.25, -0.2) is 9.50 Å². The van der Waals surface area contributed by atoms with Crippen LogP contribution in [0, 0.1) is 11.8 Å². The van der Waals surface area contributed by atoms with E-state index < -0.39 is 0 Å². The highest BCUT2D eigenvalue weighted by Gasteiger charge is 2.36. The summed E-state index contributed by atoms with van der Waals surface area (Å²) >= 11 is 0. The number of rotatable bonds is 3. The molecule has 0 aromatic carbocycles. The molecule has 8 nitrogen and oxygen atoms in total. The molecule has 0 saturated carbocycles. The number of anilines is 1. The number of carbonyl (C=O) groups is 1. The van der Waals surface area contributed by atoms with Gasteiger partial charge in [0.1, 0.15) is 0 Å². The van der Waals surface area contributed by atoms with Crippen LogP contribution in [0.4, 0.5) is 5.69 Å². The lowest BCUT2D eigenvalue weighted by atomic mass is 9.78. The molecule has 0 spiro atoms. The van der Waals surface area contributed by atoms with Gasteiger partial charge in [0, 0.05) is 56.9 Å². The zero-order valence-corrected chi connectivity index (χ0v) is 19.0. The van der Waals surface area contributed by atoms with Crippen molar-refractivity contribution in [2.75, 3.05) is 51.3 Å². The Morgan fingerprint density at radius 2 is 1.76 bits per heavy atom. The van der Waals surface area contributed by atoms with Crippen molar-refractivity contribution in [2.24, 2.45) is 11.8 Å². The second-order valence-corrected chi connectivity index (χ2v) is 9.36. The minimum absolute atomic E-state index is 0.0207. The summed E-state index contributed by atoms with van der Waals surface area (Å²) in [6.45, 7) is 5.88. The zero-order chi connectivity index (χ0) is 22.4. The number of morpholine rings is 1. The van der Waals surface area contributed by atoms with Crippen LogP contribution in [-0.2, 0) is 9.53 Å². The molecular weight excluding hydrogens is 416 g/mol. The second kappa shape index (κ2) is 8.43. The third-order valence-electron chi connectivity index (χ3n) is 7.51. The molecule has 6 rings (SSSR count). The van der Waals surface area contributed by atoms with Gasteiger partial charge in [-0.15, -0.1) is 0 Å². The number of fused-ring (bicyclic) bond motifs is 2. The molecule has 3 aliphatic heterocycles. The van der Waals surface area contributed by atoms with Gasteiger partial charge in [0.2, 0.25) is 5.91 Å². The first-order valence-electron chi connectivity index (χ1n) is 11.9. The van der Waals surface area contributed by atoms with E-state index in [2.05, 4.69) is 27.2 Å². The minimum Gasteiger partial charge on any atom is -0.379 e. The van der Waals surface area contributed by atoms with Gasteiger partial charge in [0.15, 0.2) is 5.65 Å². The molecule has 2 fully saturated rings. The molecule has 2 atom stereocenters. The Balaban J connectivity index is 1.22. The fraction of sp³-hybridized carbons (Fsp3) is 0.480. The van der Waals surface area contributed by atoms with E-state index in [1.165, 1.54) is 12.8 Å². The Kier molecular flexibility index (Phi) is 5.27. The largest absolute Gasteiger partial charge is 0.379 e. The number of piperidine rings is 1. The monoisotopic (exact) mass is 446 g/mol. The lowest BCUT2D eigenvalue weighted by Gasteiger charge is -2.40. The summed E-state index contributed by atoms with van der Waals surface area (Å²) in [5.41, 5.74) is 4.02. The van der Waals surface area contributed by atoms with Crippen LogP contribution in [0.15, 0.2) is 49.1 Å². The van der Waals surface area contributed by atoms with Crippen molar-refractivity contribution in [1.29, 1.82) is 0 Å². The fourth-order valence-electron chi connectivity index (χ4n) is 5.65. The number of amides is 1. The normalized spacial score (nSPS) is 26.7. The van der Waals surface area contributed by atoms with Crippen molar-refractivity contribution in [1.82, 2.24) is 24.4 Å². The van der Waals surface area contributed by atoms with Crippen LogP contribution in [0.25, 0.3) is 11.2 Å². The summed E-state index contributed by atoms with van der Waals surface area (Å²) in [4.78, 5) is 24.2. The van der Waals surface area contributed by atoms with Gasteiger partial charge < -0.3 is 14.5 Å². The summed E-state index contributed by atoms with van der Waals surface area (Å²) in [6.07, 6.45) is 18.3. The molecule has 2 saturated heterocycles. The van der Waals surface area contributed by atoms with Crippen LogP contribution in [-0.4, -0.2) is 82.8 Å². The Morgan fingerprint density at radius 3 is 2.55 bits per heavy atom. The molecule has 0 N–H and O–H groups in total. The summed E-state index contributed by atoms with van der Waals surface area (Å²) in [5, 5.41) is 4.64. The van der Waals surface area contributed by atoms with E-state index in [0.29, 0.717) is 6.04 Å². The number of ether oxygens (including phenoxy) is 1. The average molecular weight is 447 g/mol. The highest BCUT2D eigenvalue weighted by Crippen LogP contribution is 2.39. The smallest absolute Gasteiger partial charge is 0.234 e. The van der Waals surface area contributed by atoms with E-state index in [1.54, 1.807) is 4.90 Å². The summed E-state index contributed by atoms with van der Waals surface area (Å²) in [5.74, 6) is -0.0223. The number of nitrogens with zero attached hydrogens (tertiary/aromatic N) is 6. The van der Waals surface area contributed by atoms with Crippen LogP contribution < -0.4 is 4.90 Å². The molecular formula is C25H30N6O2. The van der Waals surface area contributed by atoms with Gasteiger partial charge in [0.25, 0.3) is 0 Å². The molecule has 0 radical (unpaired) electrons. The summed E-state index contributed by atoms with van der Waals surface area (Å²) in [7, 11) is 1.82. The molecule has 1 amide bonds. The Bertz CT molecular complexity index is 1140. The van der Waals surface area contributed by atoms with E-state index in [0.717, 1.165) is 61.9 Å². The molecule has 0 bridgehead atoms. The first-order chi connectivity index (χ1) is 16.2. The lowest BCUT2D eigenvalue weighted by molar-refractivity contribution is -0.131. The van der Waals surface area contributed by atoms with Crippen LogP contribution in [0.5, 0.6) is 0 Å². The van der Waals surface area contributed by atoms with Crippen molar-refractivity contribution in [3.05, 3.63) is 54.7 Å². The molecule has 2 aromatic heterocycles. The van der Waals surface area contributed by atoms with E-state index in [4.69, 9.17) is 9.72 Å². The number of hydrogen-bond donors (Lipinski definition) is 0. The SMILES string of the molecule is CN1C=C(c2cnn3cc(N4CCC(N5CCOCC5)CC4)cnc23)C2C=CC=CC2C1=O. The van der Waals surface area contributed by atoms with Crippen LogP contribution >= 0.6 is 0 Å². The van der Waals surface area contributed by atoms with Gasteiger partial charge in [0.05, 0.1) is 43.4 Å². The van der Waals surface area contributed by atoms with Crippen molar-refractivity contribution < 1.29 is 9.53 Å². The third-order valence-corrected chi connectivity index (χ3v) is 7.51. The van der Waals surface area contributed by atoms with Crippen molar-refractivity contribution in [2.45, 2.75) is 18.9 Å². The fourth-order valence-corrected chi connectivity index (χ4v) is 5.65. The van der Waals surface area contributed by atoms with Crippen molar-refractivity contribution in [3.63, 3.8) is 0 Å². The van der Waals surface area contributed by atoms with E-state index in [1.807, 2.05) is 48.4 Å². The average Bonchev–Trinajstić information content (AvgIpc) is 3.30. The van der Waals surface area contributed by atoms with Gasteiger partial charge in [-0.05, 0) is 18.4 Å². The highest BCUT2D eigenvalue weighted by molar-refractivity contribution is 5.92. The first kappa shape index (κ1) is 20.6. The van der Waals surface area contributed by atoms with Crippen LogP contribution in [0.1, 0.15) is 18.4 Å². The summed E-state index contributed by atoms with van der Waals surface area (Å²) < 4.78 is 7.39. The van der Waals surface area contributed by atoms with Crippen molar-refractivity contribution >= 4 is 22.8 Å². The number of aromatic nitrogens is 3. The molecule has 1 aliphatic carbocycles. The predicted molar refractivity (Wildman–Crippen MR) is 127 cm³/mol. The first-order valence-corrected chi connectivity index (χ1v) is 11.9. The predicted octanol–water partition coefficient (Wildman–Crippen LogP) is 2.20. The molecule has 5 heterocycles. The Hall–Kier alpha value is -2.97. The molecule has 33 heavy (non-hydrogen) atoms. The molecule has 2 unspecified atom stereocenters. The van der Waals surface area contributed by atoms with Gasteiger partial charge in [-0.3, -0.25) is 9.69 Å². The van der Waals surface area contributed by atoms with E-state index in [-0.39, 0.29) is 17.7 Å². The Morgan fingerprint density at radius 1 is 1.00 bits per heavy atom. The Labute approximate surface area is 193 Å². The molecule has 4 aliphatic rings. The van der Waals surface area contributed by atoms with Crippen molar-refractivity contribution in [3.8, 4) is 0 Å². The maximum atomic E-state index is 12.6. The van der Waals surface area contributed by atoms with E-state index >= 15 is 0 Å². The van der Waals surface area contributed by atoms with Gasteiger partial charge >= 0.3 is 0 Å².